The van der Waals surface area contributed by atoms with Gasteiger partial charge in [-0.2, -0.15) is 23.7 Å². The summed E-state index contributed by atoms with van der Waals surface area (Å²) in [6.45, 7) is 26.0. The Morgan fingerprint density at radius 1 is 0.475 bits per heavy atom. The summed E-state index contributed by atoms with van der Waals surface area (Å²) >= 11 is 0. The Morgan fingerprint density at radius 3 is 1.04 bits per heavy atom. The second-order valence-electron chi connectivity index (χ2n) is 23.8. The number of nitrogens with two attached hydrogens (primary N) is 2. The van der Waals surface area contributed by atoms with Crippen LogP contribution in [0.3, 0.4) is 0 Å². The molecule has 11 N–H and O–H groups in total. The number of rotatable bonds is 10. The summed E-state index contributed by atoms with van der Waals surface area (Å²) < 4.78 is 3.71. The summed E-state index contributed by atoms with van der Waals surface area (Å²) in [4.78, 5) is 56.0. The highest BCUT2D eigenvalue weighted by atomic mass is 16.5. The number of pyridine rings is 5. The van der Waals surface area contributed by atoms with E-state index in [1.54, 1.807) is 12.1 Å². The second-order valence-corrected chi connectivity index (χ2v) is 23.8. The van der Waals surface area contributed by atoms with Crippen LogP contribution in [0.2, 0.25) is 0 Å². The van der Waals surface area contributed by atoms with Crippen molar-refractivity contribution in [1.82, 2.24) is 23.7 Å². The maximum absolute atomic E-state index is 11.4. The molecular formula is C61H99N7O12. The van der Waals surface area contributed by atoms with Crippen LogP contribution in [0.4, 0.5) is 0 Å². The number of hydrogen-bond acceptors (Lipinski definition) is 14. The molecule has 5 aromatic rings. The predicted molar refractivity (Wildman–Crippen MR) is 316 cm³/mol. The highest BCUT2D eigenvalue weighted by molar-refractivity contribution is 5.21. The molecule has 0 aliphatic heterocycles. The van der Waals surface area contributed by atoms with Crippen LogP contribution in [0.25, 0.3) is 0 Å². The molecule has 5 heterocycles. The largest absolute Gasteiger partial charge is 0.425 e. The maximum atomic E-state index is 11.4. The topological polar surface area (TPSA) is 304 Å². The quantitative estimate of drug-likeness (QED) is 0.0590. The van der Waals surface area contributed by atoms with Gasteiger partial charge in [0, 0.05) is 61.5 Å². The van der Waals surface area contributed by atoms with Crippen LogP contribution in [0, 0.1) is 50.4 Å². The van der Waals surface area contributed by atoms with Crippen LogP contribution in [0.5, 0.6) is 0 Å². The van der Waals surface area contributed by atoms with Crippen molar-refractivity contribution in [3.05, 3.63) is 170 Å². The molecule has 19 heteroatoms. The molecule has 0 radical (unpaired) electrons. The third-order valence-electron chi connectivity index (χ3n) is 13.0. The molecule has 2 unspecified atom stereocenters. The van der Waals surface area contributed by atoms with Gasteiger partial charge >= 0.3 is 0 Å². The number of aliphatic hydroxyl groups excluding tert-OH is 2. The Labute approximate surface area is 473 Å². The first-order chi connectivity index (χ1) is 37.4. The first-order valence-electron chi connectivity index (χ1n) is 28.1. The highest BCUT2D eigenvalue weighted by Gasteiger charge is 2.22. The summed E-state index contributed by atoms with van der Waals surface area (Å²) in [6, 6.07) is 17.8. The van der Waals surface area contributed by atoms with Crippen molar-refractivity contribution < 1.29 is 36.2 Å². The number of aromatic nitrogens is 5. The molecule has 2 atom stereocenters. The molecule has 19 nitrogen and oxygen atoms in total. The van der Waals surface area contributed by atoms with Crippen LogP contribution in [-0.4, -0.2) is 86.2 Å². The van der Waals surface area contributed by atoms with Gasteiger partial charge in [0.2, 0.25) is 0 Å². The fourth-order valence-electron chi connectivity index (χ4n) is 10.0. The van der Waals surface area contributed by atoms with Crippen LogP contribution < -0.4 is 39.3 Å². The molecule has 5 aromatic heterocycles. The van der Waals surface area contributed by atoms with Gasteiger partial charge in [-0.1, -0.05) is 100.0 Å². The molecule has 0 aromatic carbocycles. The van der Waals surface area contributed by atoms with E-state index in [1.165, 1.54) is 75.1 Å². The lowest BCUT2D eigenvalue weighted by Gasteiger charge is -2.23. The minimum atomic E-state index is -0.410. The zero-order valence-corrected chi connectivity index (χ0v) is 50.0. The average Bonchev–Trinajstić information content (AvgIpc) is 3.39. The van der Waals surface area contributed by atoms with E-state index in [2.05, 4.69) is 55.4 Å². The van der Waals surface area contributed by atoms with Gasteiger partial charge in [0.05, 0.1) is 36.0 Å². The number of aliphatic hydroxyl groups is 2. The first-order valence-corrected chi connectivity index (χ1v) is 28.1. The number of nitrogens with zero attached hydrogens (tertiary/aromatic N) is 5. The Hall–Kier alpha value is -6.41. The minimum absolute atomic E-state index is 0.0972. The monoisotopic (exact) mass is 1120 g/mol. The van der Waals surface area contributed by atoms with Gasteiger partial charge in [0.15, 0.2) is 0 Å². The first kappa shape index (κ1) is 71.6. The normalized spacial score (nSPS) is 14.2. The number of hydrogen-bond donors (Lipinski definition) is 9. The van der Waals surface area contributed by atoms with E-state index in [-0.39, 0.29) is 46.3 Å². The zero-order valence-electron chi connectivity index (χ0n) is 50.0. The van der Waals surface area contributed by atoms with Gasteiger partial charge < -0.3 is 47.7 Å². The van der Waals surface area contributed by atoms with E-state index < -0.39 is 5.56 Å². The lowest BCUT2D eigenvalue weighted by molar-refractivity contribution is 0.156. The van der Waals surface area contributed by atoms with Gasteiger partial charge in [-0.05, 0) is 154 Å². The third kappa shape index (κ3) is 28.1. The molecule has 0 saturated heterocycles. The summed E-state index contributed by atoms with van der Waals surface area (Å²) in [6.07, 6.45) is 16.6. The molecule has 0 bridgehead atoms. The van der Waals surface area contributed by atoms with E-state index in [0.717, 1.165) is 104 Å². The van der Waals surface area contributed by atoms with Crippen molar-refractivity contribution in [1.29, 1.82) is 0 Å². The maximum Gasteiger partial charge on any atom is 0.283 e. The van der Waals surface area contributed by atoms with Gasteiger partial charge in [0.25, 0.3) is 27.8 Å². The molecule has 2 aliphatic rings. The molecule has 0 amide bonds. The standard InChI is InChI=1S/2C14H23NO2.2C12H17NO2.C5H5NO2.2C2H7NO/c2*1-10-6-12(15(17)13(16)8-10)7-11(2)9-14(3,4)5;2*1-9-7-11(13(15)12(14)8-9)10-5-3-2-4-6-10;7-5-3-1-2-4-6(5)8;2*3-1-2-4/h2*6,8,11,17H,7,9H2,1-5H3;2*7-8,10,15H,2-6H2,1H3;1-4,8H;2*4H,1-3H2. The van der Waals surface area contributed by atoms with E-state index >= 15 is 0 Å². The van der Waals surface area contributed by atoms with Crippen LogP contribution in [0.15, 0.2) is 96.9 Å². The second kappa shape index (κ2) is 36.0. The van der Waals surface area contributed by atoms with Crippen molar-refractivity contribution >= 4 is 0 Å². The summed E-state index contributed by atoms with van der Waals surface area (Å²) in [5.41, 5.74) is 15.0. The van der Waals surface area contributed by atoms with Crippen molar-refractivity contribution in [2.75, 3.05) is 26.3 Å². The predicted octanol–water partition coefficient (Wildman–Crippen LogP) is 8.86. The SMILES string of the molecule is Cc1cc(C2CCCCC2)n(O)c(=O)c1.Cc1cc(C2CCCCC2)n(O)c(=O)c1.Cc1cc(CC(C)CC(C)(C)C)n(O)c(=O)c1.Cc1cc(CC(C)CC(C)(C)C)n(O)c(=O)c1.NCCO.NCCO.O=c1ccccn1O. The van der Waals surface area contributed by atoms with Crippen molar-refractivity contribution in [2.24, 2.45) is 34.1 Å². The van der Waals surface area contributed by atoms with Crippen LogP contribution in [0.1, 0.15) is 189 Å². The fourth-order valence-corrected chi connectivity index (χ4v) is 10.0. The Bertz CT molecular complexity index is 2710. The fraction of sp³-hybridized carbons (Fsp3) is 0.590. The van der Waals surface area contributed by atoms with E-state index in [0.29, 0.717) is 52.9 Å². The van der Waals surface area contributed by atoms with Gasteiger partial charge in [0.1, 0.15) is 0 Å². The lowest BCUT2D eigenvalue weighted by atomic mass is 9.83. The molecule has 2 aliphatic carbocycles. The van der Waals surface area contributed by atoms with Gasteiger partial charge in [-0.15, -0.1) is 0 Å². The lowest BCUT2D eigenvalue weighted by Crippen LogP contribution is -2.23. The van der Waals surface area contributed by atoms with Crippen molar-refractivity contribution in [3.8, 4) is 0 Å². The summed E-state index contributed by atoms with van der Waals surface area (Å²) in [5.74, 6) is 1.59. The smallest absolute Gasteiger partial charge is 0.283 e. The van der Waals surface area contributed by atoms with E-state index in [1.807, 2.05) is 52.0 Å². The highest BCUT2D eigenvalue weighted by Crippen LogP contribution is 2.33. The molecule has 450 valence electrons. The van der Waals surface area contributed by atoms with E-state index in [4.69, 9.17) is 26.9 Å². The molecular weight excluding hydrogens is 1020 g/mol. The molecule has 7 rings (SSSR count). The Morgan fingerprint density at radius 2 is 0.775 bits per heavy atom. The summed E-state index contributed by atoms with van der Waals surface area (Å²) in [7, 11) is 0. The van der Waals surface area contributed by atoms with Gasteiger partial charge in [-0.3, -0.25) is 24.0 Å². The summed E-state index contributed by atoms with van der Waals surface area (Å²) in [5, 5.41) is 62.7. The van der Waals surface area contributed by atoms with Crippen LogP contribution in [-0.2, 0) is 12.8 Å². The van der Waals surface area contributed by atoms with Crippen LogP contribution >= 0.6 is 0 Å². The van der Waals surface area contributed by atoms with Gasteiger partial charge in [-0.25, -0.2) is 0 Å². The Kier molecular flexibility index (Phi) is 32.3. The molecule has 2 fully saturated rings. The minimum Gasteiger partial charge on any atom is -0.425 e. The molecule has 2 saturated carbocycles. The number of aryl methyl sites for hydroxylation is 4. The van der Waals surface area contributed by atoms with Crippen molar-refractivity contribution in [3.63, 3.8) is 0 Å². The average molecular weight is 1120 g/mol. The van der Waals surface area contributed by atoms with E-state index in [9.17, 15) is 44.8 Å². The zero-order chi connectivity index (χ0) is 60.9. The molecule has 80 heavy (non-hydrogen) atoms. The Balaban J connectivity index is 0.000000489. The van der Waals surface area contributed by atoms with Crippen molar-refractivity contribution in [2.45, 2.75) is 185 Å². The third-order valence-corrected chi connectivity index (χ3v) is 13.0. The molecule has 0 spiro atoms.